The third-order valence-electron chi connectivity index (χ3n) is 6.09. The third-order valence-corrected chi connectivity index (χ3v) is 7.98. The second-order valence-corrected chi connectivity index (χ2v) is 11.4. The highest BCUT2D eigenvalue weighted by atomic mass is 79.9. The van der Waals surface area contributed by atoms with Gasteiger partial charge in [0, 0.05) is 38.4 Å². The number of carbonyl (C=O) groups is 3. The normalized spacial score (nSPS) is 11.7. The Labute approximate surface area is 261 Å². The lowest BCUT2D eigenvalue weighted by Crippen LogP contribution is -2.30. The highest BCUT2D eigenvalue weighted by Crippen LogP contribution is 2.29. The molecular weight excluding hydrogens is 632 g/mol. The maximum absolute atomic E-state index is 13.4. The zero-order chi connectivity index (χ0) is 30.8. The number of halogens is 1. The minimum atomic E-state index is -0.516. The number of benzene rings is 4. The van der Waals surface area contributed by atoms with Crippen LogP contribution in [0.5, 0.6) is 0 Å². The van der Waals surface area contributed by atoms with Gasteiger partial charge >= 0.3 is 0 Å². The minimum absolute atomic E-state index is 0.0585. The molecule has 0 radical (unpaired) electrons. The first-order valence-corrected chi connectivity index (χ1v) is 14.9. The SMILES string of the molecule is CCC(Sc1cccc(NC(=O)/C(=C/c2ccc(Br)cc2)NC(=O)c2ccccc2)c1)C(=O)Nc1ccc([N+](=O)[O-])cc1. The highest BCUT2D eigenvalue weighted by Gasteiger charge is 2.20. The topological polar surface area (TPSA) is 130 Å². The lowest BCUT2D eigenvalue weighted by Gasteiger charge is -2.16. The average molecular weight is 660 g/mol. The molecule has 0 aromatic heterocycles. The van der Waals surface area contributed by atoms with Gasteiger partial charge in [-0.25, -0.2) is 0 Å². The first-order chi connectivity index (χ1) is 20.7. The molecule has 11 heteroatoms. The Hall–Kier alpha value is -4.74. The number of thioether (sulfide) groups is 1. The van der Waals surface area contributed by atoms with Crippen molar-refractivity contribution in [2.75, 3.05) is 10.6 Å². The lowest BCUT2D eigenvalue weighted by atomic mass is 10.1. The van der Waals surface area contributed by atoms with Crippen molar-refractivity contribution in [2.45, 2.75) is 23.5 Å². The van der Waals surface area contributed by atoms with Gasteiger partial charge in [0.25, 0.3) is 17.5 Å². The van der Waals surface area contributed by atoms with E-state index in [1.807, 2.05) is 37.3 Å². The molecular formula is C32H27BrN4O5S. The van der Waals surface area contributed by atoms with Gasteiger partial charge in [-0.15, -0.1) is 11.8 Å². The van der Waals surface area contributed by atoms with E-state index in [9.17, 15) is 24.5 Å². The number of amides is 3. The molecule has 218 valence electrons. The number of anilines is 2. The molecule has 0 bridgehead atoms. The largest absolute Gasteiger partial charge is 0.325 e. The van der Waals surface area contributed by atoms with Crippen molar-refractivity contribution in [1.82, 2.24) is 5.32 Å². The van der Waals surface area contributed by atoms with Gasteiger partial charge in [-0.3, -0.25) is 24.5 Å². The van der Waals surface area contributed by atoms with Crippen molar-refractivity contribution in [3.8, 4) is 0 Å². The van der Waals surface area contributed by atoms with Gasteiger partial charge in [-0.2, -0.15) is 0 Å². The Kier molecular flexibility index (Phi) is 10.8. The number of nitrogens with one attached hydrogen (secondary N) is 3. The van der Waals surface area contributed by atoms with E-state index in [4.69, 9.17) is 0 Å². The lowest BCUT2D eigenvalue weighted by molar-refractivity contribution is -0.384. The van der Waals surface area contributed by atoms with Crippen LogP contribution in [0.3, 0.4) is 0 Å². The second kappa shape index (κ2) is 14.9. The van der Waals surface area contributed by atoms with Crippen molar-refractivity contribution < 1.29 is 19.3 Å². The van der Waals surface area contributed by atoms with E-state index < -0.39 is 22.0 Å². The average Bonchev–Trinajstić information content (AvgIpc) is 3.01. The fourth-order valence-corrected chi connectivity index (χ4v) is 5.17. The van der Waals surface area contributed by atoms with Crippen molar-refractivity contribution in [3.63, 3.8) is 0 Å². The summed E-state index contributed by atoms with van der Waals surface area (Å²) in [5, 5.41) is 18.8. The molecule has 4 rings (SSSR count). The monoisotopic (exact) mass is 658 g/mol. The van der Waals surface area contributed by atoms with E-state index in [2.05, 4.69) is 31.9 Å². The van der Waals surface area contributed by atoms with Crippen LogP contribution in [-0.2, 0) is 9.59 Å². The smallest absolute Gasteiger partial charge is 0.272 e. The molecule has 0 saturated carbocycles. The summed E-state index contributed by atoms with van der Waals surface area (Å²) in [6.07, 6.45) is 2.11. The number of nitrogens with zero attached hydrogens (tertiary/aromatic N) is 1. The number of nitro benzene ring substituents is 1. The Balaban J connectivity index is 1.47. The summed E-state index contributed by atoms with van der Waals surface area (Å²) in [5.41, 5.74) is 2.06. The van der Waals surface area contributed by atoms with Crippen LogP contribution >= 0.6 is 27.7 Å². The molecule has 0 aliphatic carbocycles. The van der Waals surface area contributed by atoms with Gasteiger partial charge in [0.15, 0.2) is 0 Å². The van der Waals surface area contributed by atoms with E-state index in [0.717, 1.165) is 14.9 Å². The second-order valence-electron chi connectivity index (χ2n) is 9.22. The van der Waals surface area contributed by atoms with Gasteiger partial charge in [-0.05, 0) is 72.7 Å². The van der Waals surface area contributed by atoms with Crippen LogP contribution in [0.1, 0.15) is 29.3 Å². The number of hydrogen-bond acceptors (Lipinski definition) is 6. The summed E-state index contributed by atoms with van der Waals surface area (Å²) in [7, 11) is 0. The predicted molar refractivity (Wildman–Crippen MR) is 173 cm³/mol. The molecule has 43 heavy (non-hydrogen) atoms. The highest BCUT2D eigenvalue weighted by molar-refractivity contribution is 9.10. The van der Waals surface area contributed by atoms with Crippen molar-refractivity contribution in [3.05, 3.63) is 135 Å². The molecule has 0 saturated heterocycles. The van der Waals surface area contributed by atoms with E-state index in [0.29, 0.717) is 23.4 Å². The van der Waals surface area contributed by atoms with Crippen LogP contribution < -0.4 is 16.0 Å². The summed E-state index contributed by atoms with van der Waals surface area (Å²) in [4.78, 5) is 50.4. The molecule has 3 amide bonds. The molecule has 1 unspecified atom stereocenters. The quantitative estimate of drug-likeness (QED) is 0.0672. The van der Waals surface area contributed by atoms with Gasteiger partial charge in [0.05, 0.1) is 10.2 Å². The third kappa shape index (κ3) is 9.12. The molecule has 3 N–H and O–H groups in total. The number of rotatable bonds is 11. The summed E-state index contributed by atoms with van der Waals surface area (Å²) >= 11 is 4.72. The van der Waals surface area contributed by atoms with Crippen molar-refractivity contribution >= 4 is 68.6 Å². The number of carbonyl (C=O) groups excluding carboxylic acids is 3. The molecule has 0 aliphatic rings. The number of hydrogen-bond donors (Lipinski definition) is 3. The van der Waals surface area contributed by atoms with Crippen LogP contribution in [0, 0.1) is 10.1 Å². The summed E-state index contributed by atoms with van der Waals surface area (Å²) in [6, 6.07) is 28.6. The first kappa shape index (κ1) is 31.2. The van der Waals surface area contributed by atoms with Gasteiger partial charge in [-0.1, -0.05) is 59.3 Å². The van der Waals surface area contributed by atoms with Crippen LogP contribution in [0.2, 0.25) is 0 Å². The number of nitro groups is 1. The van der Waals surface area contributed by atoms with Gasteiger partial charge in [0.2, 0.25) is 5.91 Å². The van der Waals surface area contributed by atoms with Crippen LogP contribution in [0.15, 0.2) is 118 Å². The van der Waals surface area contributed by atoms with E-state index in [1.165, 1.54) is 36.0 Å². The van der Waals surface area contributed by atoms with E-state index >= 15 is 0 Å². The molecule has 9 nitrogen and oxygen atoms in total. The Bertz CT molecular complexity index is 1640. The first-order valence-electron chi connectivity index (χ1n) is 13.2. The van der Waals surface area contributed by atoms with Crippen LogP contribution in [0.4, 0.5) is 17.1 Å². The zero-order valence-electron chi connectivity index (χ0n) is 23.0. The minimum Gasteiger partial charge on any atom is -0.325 e. The van der Waals surface area contributed by atoms with Crippen LogP contribution in [-0.4, -0.2) is 27.9 Å². The molecule has 0 spiro atoms. The summed E-state index contributed by atoms with van der Waals surface area (Å²) < 4.78 is 0.880. The zero-order valence-corrected chi connectivity index (χ0v) is 25.4. The van der Waals surface area contributed by atoms with E-state index in [-0.39, 0.29) is 17.3 Å². The molecule has 0 heterocycles. The maximum atomic E-state index is 13.4. The molecule has 0 fully saturated rings. The standard InChI is InChI=1S/C32H27BrN4O5S/c1-2-29(32(40)34-24-15-17-26(18-16-24)37(41)42)43-27-10-6-9-25(20-27)35-31(39)28(19-21-11-13-23(33)14-12-21)36-30(38)22-7-4-3-5-8-22/h3-20,29H,2H2,1H3,(H,34,40)(H,35,39)(H,36,38)/b28-19-. The van der Waals surface area contributed by atoms with Crippen LogP contribution in [0.25, 0.3) is 6.08 Å². The number of non-ortho nitro benzene ring substituents is 1. The Morgan fingerprint density at radius 2 is 1.58 bits per heavy atom. The van der Waals surface area contributed by atoms with E-state index in [1.54, 1.807) is 54.6 Å². The molecule has 4 aromatic carbocycles. The molecule has 4 aromatic rings. The summed E-state index contributed by atoms with van der Waals surface area (Å²) in [5.74, 6) is -1.19. The Morgan fingerprint density at radius 1 is 0.884 bits per heavy atom. The van der Waals surface area contributed by atoms with Crippen molar-refractivity contribution in [1.29, 1.82) is 0 Å². The fraction of sp³-hybridized carbons (Fsp3) is 0.0938. The molecule has 0 aliphatic heterocycles. The Morgan fingerprint density at radius 3 is 2.23 bits per heavy atom. The van der Waals surface area contributed by atoms with Crippen molar-refractivity contribution in [2.24, 2.45) is 0 Å². The van der Waals surface area contributed by atoms with Gasteiger partial charge in [0.1, 0.15) is 5.70 Å². The maximum Gasteiger partial charge on any atom is 0.272 e. The van der Waals surface area contributed by atoms with Gasteiger partial charge < -0.3 is 16.0 Å². The fourth-order valence-electron chi connectivity index (χ4n) is 3.89. The predicted octanol–water partition coefficient (Wildman–Crippen LogP) is 7.28. The molecule has 1 atom stereocenters. The summed E-state index contributed by atoms with van der Waals surface area (Å²) in [6.45, 7) is 1.88.